The monoisotopic (exact) mass is 204 g/mol. The van der Waals surface area contributed by atoms with Crippen LogP contribution in [-0.2, 0) is 11.2 Å². The molecule has 0 radical (unpaired) electrons. The Morgan fingerprint density at radius 2 is 2.17 bits per heavy atom. The number of hydrogen-bond acceptors (Lipinski definition) is 3. The van der Waals surface area contributed by atoms with Crippen molar-refractivity contribution in [1.29, 1.82) is 0 Å². The quantitative estimate of drug-likeness (QED) is 0.708. The van der Waals surface area contributed by atoms with E-state index in [0.717, 1.165) is 11.8 Å². The van der Waals surface area contributed by atoms with Crippen molar-refractivity contribution in [2.75, 3.05) is 0 Å². The minimum absolute atomic E-state index is 0.292. The molecule has 1 aromatic rings. The smallest absolute Gasteiger partial charge is 0.155 e. The van der Waals surface area contributed by atoms with Gasteiger partial charge in [0.1, 0.15) is 6.29 Å². The molecular weight excluding hydrogens is 199 g/mol. The van der Waals surface area contributed by atoms with Crippen molar-refractivity contribution in [3.05, 3.63) is 21.9 Å². The summed E-state index contributed by atoms with van der Waals surface area (Å²) in [5.41, 5.74) is 0.753. The fourth-order valence-electron chi connectivity index (χ4n) is 0.778. The van der Waals surface area contributed by atoms with Gasteiger partial charge in [-0.15, -0.1) is 10.2 Å². The lowest BCUT2D eigenvalue weighted by Crippen LogP contribution is -1.92. The highest BCUT2D eigenvalue weighted by Gasteiger charge is 2.02. The van der Waals surface area contributed by atoms with Crippen molar-refractivity contribution >= 4 is 29.5 Å². The van der Waals surface area contributed by atoms with Crippen molar-refractivity contribution in [1.82, 2.24) is 10.2 Å². The maximum absolute atomic E-state index is 10.1. The van der Waals surface area contributed by atoms with E-state index in [2.05, 4.69) is 10.2 Å². The fourth-order valence-corrected chi connectivity index (χ4v) is 1.13. The van der Waals surface area contributed by atoms with Crippen LogP contribution in [-0.4, -0.2) is 16.5 Å². The predicted molar refractivity (Wildman–Crippen MR) is 46.4 cm³/mol. The number of aryl methyl sites for hydroxylation is 1. The number of rotatable bonds is 3. The molecule has 12 heavy (non-hydrogen) atoms. The Balaban J connectivity index is 2.82. The molecule has 0 unspecified atom stereocenters. The van der Waals surface area contributed by atoms with Crippen LogP contribution in [0.15, 0.2) is 6.07 Å². The zero-order chi connectivity index (χ0) is 8.97. The zero-order valence-electron chi connectivity index (χ0n) is 6.13. The highest BCUT2D eigenvalue weighted by molar-refractivity contribution is 6.31. The number of aromatic nitrogens is 2. The summed E-state index contributed by atoms with van der Waals surface area (Å²) in [6, 6.07) is 1.61. The summed E-state index contributed by atoms with van der Waals surface area (Å²) in [5, 5.41) is 7.74. The Hall–Kier alpha value is -0.670. The molecule has 0 saturated heterocycles. The lowest BCUT2D eigenvalue weighted by Gasteiger charge is -1.98. The molecule has 0 aromatic carbocycles. The van der Waals surface area contributed by atoms with Crippen LogP contribution in [0.3, 0.4) is 0 Å². The molecule has 0 spiro atoms. The Morgan fingerprint density at radius 1 is 1.42 bits per heavy atom. The molecule has 0 fully saturated rings. The molecule has 0 atom stereocenters. The highest BCUT2D eigenvalue weighted by Crippen LogP contribution is 2.16. The molecule has 0 bridgehead atoms. The maximum Gasteiger partial charge on any atom is 0.155 e. The number of nitrogens with zero attached hydrogens (tertiary/aromatic N) is 2. The summed E-state index contributed by atoms with van der Waals surface area (Å²) >= 11 is 11.3. The summed E-state index contributed by atoms with van der Waals surface area (Å²) in [7, 11) is 0. The van der Waals surface area contributed by atoms with Gasteiger partial charge < -0.3 is 4.79 Å². The van der Waals surface area contributed by atoms with E-state index in [1.165, 1.54) is 0 Å². The third kappa shape index (κ3) is 2.43. The Labute approximate surface area is 79.7 Å². The minimum Gasteiger partial charge on any atom is -0.303 e. The first-order chi connectivity index (χ1) is 5.74. The predicted octanol–water partition coefficient (Wildman–Crippen LogP) is 1.91. The maximum atomic E-state index is 10.1. The lowest BCUT2D eigenvalue weighted by molar-refractivity contribution is -0.107. The third-order valence-electron chi connectivity index (χ3n) is 1.32. The van der Waals surface area contributed by atoms with Crippen LogP contribution in [0, 0.1) is 0 Å². The van der Waals surface area contributed by atoms with E-state index < -0.39 is 0 Å². The molecule has 3 nitrogen and oxygen atoms in total. The molecule has 0 aliphatic rings. The van der Waals surface area contributed by atoms with Gasteiger partial charge in [-0.05, 0) is 18.1 Å². The molecule has 0 N–H and O–H groups in total. The molecule has 0 amide bonds. The fraction of sp³-hybridized carbons (Fsp3) is 0.286. The van der Waals surface area contributed by atoms with Crippen LogP contribution in [0.5, 0.6) is 0 Å². The summed E-state index contributed by atoms with van der Waals surface area (Å²) in [4.78, 5) is 10.1. The first-order valence-electron chi connectivity index (χ1n) is 3.35. The zero-order valence-corrected chi connectivity index (χ0v) is 7.64. The molecule has 0 aliphatic heterocycles. The Morgan fingerprint density at radius 3 is 2.83 bits per heavy atom. The first kappa shape index (κ1) is 9.42. The van der Waals surface area contributed by atoms with Gasteiger partial charge in [0.25, 0.3) is 0 Å². The van der Waals surface area contributed by atoms with Crippen molar-refractivity contribution < 1.29 is 4.79 Å². The van der Waals surface area contributed by atoms with Gasteiger partial charge in [-0.1, -0.05) is 23.2 Å². The van der Waals surface area contributed by atoms with Crippen molar-refractivity contribution in [3.63, 3.8) is 0 Å². The number of carbonyl (C=O) groups excluding carboxylic acids is 1. The summed E-state index contributed by atoms with van der Waals surface area (Å²) in [6.45, 7) is 0. The average Bonchev–Trinajstić information content (AvgIpc) is 2.07. The second-order valence-electron chi connectivity index (χ2n) is 2.19. The molecule has 0 aliphatic carbocycles. The molecular formula is C7H6Cl2N2O. The second kappa shape index (κ2) is 4.38. The van der Waals surface area contributed by atoms with Crippen LogP contribution >= 0.6 is 23.2 Å². The van der Waals surface area contributed by atoms with Gasteiger partial charge in [-0.3, -0.25) is 0 Å². The second-order valence-corrected chi connectivity index (χ2v) is 2.93. The topological polar surface area (TPSA) is 42.9 Å². The Kier molecular flexibility index (Phi) is 3.44. The van der Waals surface area contributed by atoms with Crippen LogP contribution in [0.25, 0.3) is 0 Å². The van der Waals surface area contributed by atoms with Crippen LogP contribution in [0.2, 0.25) is 10.3 Å². The van der Waals surface area contributed by atoms with Crippen molar-refractivity contribution in [2.24, 2.45) is 0 Å². The van der Waals surface area contributed by atoms with E-state index >= 15 is 0 Å². The minimum atomic E-state index is 0.292. The van der Waals surface area contributed by atoms with Gasteiger partial charge in [0.05, 0.1) is 0 Å². The molecule has 64 valence electrons. The van der Waals surface area contributed by atoms with Gasteiger partial charge in [0.15, 0.2) is 10.3 Å². The molecule has 5 heteroatoms. The summed E-state index contributed by atoms with van der Waals surface area (Å²) in [5.74, 6) is 0. The molecule has 1 aromatic heterocycles. The van der Waals surface area contributed by atoms with Crippen LogP contribution < -0.4 is 0 Å². The standard InChI is InChI=1S/C7H6Cl2N2O/c8-6-4-5(2-1-3-12)7(9)11-10-6/h3-4H,1-2H2. The summed E-state index contributed by atoms with van der Waals surface area (Å²) in [6.07, 6.45) is 1.80. The normalized spacial score (nSPS) is 9.83. The average molecular weight is 205 g/mol. The third-order valence-corrected chi connectivity index (χ3v) is 1.83. The van der Waals surface area contributed by atoms with Crippen molar-refractivity contribution in [2.45, 2.75) is 12.8 Å². The van der Waals surface area contributed by atoms with Gasteiger partial charge in [-0.2, -0.15) is 0 Å². The van der Waals surface area contributed by atoms with E-state index in [9.17, 15) is 4.79 Å². The molecule has 0 saturated carbocycles. The van der Waals surface area contributed by atoms with E-state index in [1.54, 1.807) is 6.07 Å². The number of halogens is 2. The number of hydrogen-bond donors (Lipinski definition) is 0. The van der Waals surface area contributed by atoms with Crippen LogP contribution in [0.1, 0.15) is 12.0 Å². The lowest BCUT2D eigenvalue weighted by atomic mass is 10.2. The van der Waals surface area contributed by atoms with E-state index in [0.29, 0.717) is 23.1 Å². The van der Waals surface area contributed by atoms with Gasteiger partial charge in [0, 0.05) is 6.42 Å². The Bertz CT molecular complexity index is 291. The van der Waals surface area contributed by atoms with Gasteiger partial charge >= 0.3 is 0 Å². The largest absolute Gasteiger partial charge is 0.303 e. The van der Waals surface area contributed by atoms with Crippen LogP contribution in [0.4, 0.5) is 0 Å². The number of carbonyl (C=O) groups is 1. The van der Waals surface area contributed by atoms with E-state index in [-0.39, 0.29) is 0 Å². The highest BCUT2D eigenvalue weighted by atomic mass is 35.5. The van der Waals surface area contributed by atoms with E-state index in [1.807, 2.05) is 0 Å². The first-order valence-corrected chi connectivity index (χ1v) is 4.11. The number of aldehydes is 1. The van der Waals surface area contributed by atoms with Gasteiger partial charge in [0.2, 0.25) is 0 Å². The van der Waals surface area contributed by atoms with Gasteiger partial charge in [-0.25, -0.2) is 0 Å². The summed E-state index contributed by atoms with van der Waals surface area (Å²) < 4.78 is 0. The van der Waals surface area contributed by atoms with E-state index in [4.69, 9.17) is 23.2 Å². The molecule has 1 heterocycles. The molecule has 1 rings (SSSR count). The van der Waals surface area contributed by atoms with Crippen molar-refractivity contribution in [3.8, 4) is 0 Å². The SMILES string of the molecule is O=CCCc1cc(Cl)nnc1Cl.